The number of benzene rings is 1. The van der Waals surface area contributed by atoms with Gasteiger partial charge in [-0.1, -0.05) is 37.3 Å². The molecule has 1 saturated heterocycles. The molecule has 0 saturated carbocycles. The first-order chi connectivity index (χ1) is 13.6. The molecule has 0 atom stereocenters. The Morgan fingerprint density at radius 3 is 2.50 bits per heavy atom. The second-order valence-electron chi connectivity index (χ2n) is 6.90. The van der Waals surface area contributed by atoms with Gasteiger partial charge in [0.1, 0.15) is 13.2 Å². The predicted octanol–water partition coefficient (Wildman–Crippen LogP) is 2.58. The lowest BCUT2D eigenvalue weighted by atomic mass is 10.00. The van der Waals surface area contributed by atoms with Crippen LogP contribution in [-0.4, -0.2) is 41.6 Å². The molecule has 1 fully saturated rings. The lowest BCUT2D eigenvalue weighted by Crippen LogP contribution is -2.34. The van der Waals surface area contributed by atoms with Crippen molar-refractivity contribution in [3.8, 4) is 0 Å². The molecule has 1 aliphatic rings. The average molecular weight is 383 g/mol. The van der Waals surface area contributed by atoms with Gasteiger partial charge in [-0.15, -0.1) is 0 Å². The van der Waals surface area contributed by atoms with Crippen LogP contribution in [-0.2, 0) is 16.1 Å². The van der Waals surface area contributed by atoms with Gasteiger partial charge in [0, 0.05) is 13.1 Å². The Balaban J connectivity index is 1.39. The maximum absolute atomic E-state index is 12.0. The molecule has 0 unspecified atom stereocenters. The number of nitrogens with zero attached hydrogens (tertiary/aromatic N) is 3. The van der Waals surface area contributed by atoms with Crippen LogP contribution in [0.25, 0.3) is 0 Å². The predicted molar refractivity (Wildman–Crippen MR) is 106 cm³/mol. The van der Waals surface area contributed by atoms with E-state index in [2.05, 4.69) is 32.4 Å². The van der Waals surface area contributed by atoms with E-state index >= 15 is 0 Å². The van der Waals surface area contributed by atoms with Crippen LogP contribution in [0.2, 0.25) is 0 Å². The number of hydrogen-bond acceptors (Lipinski definition) is 6. The van der Waals surface area contributed by atoms with Crippen molar-refractivity contribution in [2.45, 2.75) is 26.4 Å². The Morgan fingerprint density at radius 1 is 1.14 bits per heavy atom. The smallest absolute Gasteiger partial charge is 0.407 e. The van der Waals surface area contributed by atoms with Crippen molar-refractivity contribution < 1.29 is 14.3 Å². The number of ether oxygens (including phenoxy) is 1. The minimum Gasteiger partial charge on any atom is -0.445 e. The number of carbonyl (C=O) groups is 2. The van der Waals surface area contributed by atoms with Crippen LogP contribution in [0.1, 0.15) is 25.3 Å². The van der Waals surface area contributed by atoms with Gasteiger partial charge in [-0.2, -0.15) is 0 Å². The molecule has 8 heteroatoms. The molecule has 8 nitrogen and oxygen atoms in total. The second kappa shape index (κ2) is 9.68. The van der Waals surface area contributed by atoms with Gasteiger partial charge in [-0.05, 0) is 24.3 Å². The summed E-state index contributed by atoms with van der Waals surface area (Å²) in [5.74, 6) is 1.04. The van der Waals surface area contributed by atoms with E-state index in [0.717, 1.165) is 37.4 Å². The summed E-state index contributed by atoms with van der Waals surface area (Å²) in [6.07, 6.45) is 4.77. The monoisotopic (exact) mass is 383 g/mol. The first-order valence-corrected chi connectivity index (χ1v) is 9.41. The van der Waals surface area contributed by atoms with E-state index in [9.17, 15) is 9.59 Å². The van der Waals surface area contributed by atoms with Crippen LogP contribution in [0.4, 0.5) is 16.4 Å². The SMILES string of the molecule is CC1CCN(c2ncc(NC(=O)CNC(=O)OCc3ccccc3)cn2)CC1. The second-order valence-corrected chi connectivity index (χ2v) is 6.90. The molecule has 1 aromatic carbocycles. The molecule has 1 aliphatic heterocycles. The molecular weight excluding hydrogens is 358 g/mol. The molecule has 2 aromatic rings. The molecule has 148 valence electrons. The molecule has 2 amide bonds. The summed E-state index contributed by atoms with van der Waals surface area (Å²) in [7, 11) is 0. The van der Waals surface area contributed by atoms with Crippen molar-refractivity contribution >= 4 is 23.6 Å². The lowest BCUT2D eigenvalue weighted by Gasteiger charge is -2.30. The summed E-state index contributed by atoms with van der Waals surface area (Å²) in [5.41, 5.74) is 1.36. The number of alkyl carbamates (subject to hydrolysis) is 1. The molecule has 0 radical (unpaired) electrons. The summed E-state index contributed by atoms with van der Waals surface area (Å²) in [6, 6.07) is 9.33. The first kappa shape index (κ1) is 19.6. The maximum atomic E-state index is 12.0. The summed E-state index contributed by atoms with van der Waals surface area (Å²) in [6.45, 7) is 4.10. The molecule has 0 spiro atoms. The number of amides is 2. The Labute approximate surface area is 164 Å². The van der Waals surface area contributed by atoms with Crippen molar-refractivity contribution in [3.05, 3.63) is 48.3 Å². The zero-order valence-corrected chi connectivity index (χ0v) is 15.9. The van der Waals surface area contributed by atoms with Crippen molar-refractivity contribution in [3.63, 3.8) is 0 Å². The van der Waals surface area contributed by atoms with Gasteiger partial charge in [0.05, 0.1) is 18.1 Å². The topological polar surface area (TPSA) is 96.5 Å². The molecule has 2 N–H and O–H groups in total. The van der Waals surface area contributed by atoms with Gasteiger partial charge in [0.2, 0.25) is 11.9 Å². The van der Waals surface area contributed by atoms with Crippen molar-refractivity contribution in [1.82, 2.24) is 15.3 Å². The number of piperidine rings is 1. The van der Waals surface area contributed by atoms with Crippen LogP contribution in [0.5, 0.6) is 0 Å². The quantitative estimate of drug-likeness (QED) is 0.796. The Hall–Kier alpha value is -3.16. The zero-order valence-electron chi connectivity index (χ0n) is 15.9. The highest BCUT2D eigenvalue weighted by Gasteiger charge is 2.17. The molecule has 0 bridgehead atoms. The van der Waals surface area contributed by atoms with E-state index in [-0.39, 0.29) is 19.1 Å². The third-order valence-electron chi connectivity index (χ3n) is 4.59. The van der Waals surface area contributed by atoms with E-state index in [4.69, 9.17) is 4.74 Å². The number of hydrogen-bond donors (Lipinski definition) is 2. The standard InChI is InChI=1S/C20H25N5O3/c1-15-7-9-25(10-8-15)19-21-11-17(12-22-19)24-18(26)13-23-20(27)28-14-16-5-3-2-4-6-16/h2-6,11-12,15H,7-10,13-14H2,1H3,(H,23,27)(H,24,26). The van der Waals surface area contributed by atoms with Gasteiger partial charge in [0.25, 0.3) is 0 Å². The highest BCUT2D eigenvalue weighted by Crippen LogP contribution is 2.20. The summed E-state index contributed by atoms with van der Waals surface area (Å²) in [5, 5.41) is 5.07. The third-order valence-corrected chi connectivity index (χ3v) is 4.59. The lowest BCUT2D eigenvalue weighted by molar-refractivity contribution is -0.115. The van der Waals surface area contributed by atoms with Gasteiger partial charge in [0.15, 0.2) is 0 Å². The van der Waals surface area contributed by atoms with Crippen molar-refractivity contribution in [1.29, 1.82) is 0 Å². The third kappa shape index (κ3) is 5.94. The Morgan fingerprint density at radius 2 is 1.82 bits per heavy atom. The molecule has 1 aromatic heterocycles. The molecule has 28 heavy (non-hydrogen) atoms. The molecule has 3 rings (SSSR count). The van der Waals surface area contributed by atoms with Crippen LogP contribution >= 0.6 is 0 Å². The summed E-state index contributed by atoms with van der Waals surface area (Å²) < 4.78 is 5.06. The minimum absolute atomic E-state index is 0.152. The Kier molecular flexibility index (Phi) is 6.78. The van der Waals surface area contributed by atoms with Crippen molar-refractivity contribution in [2.24, 2.45) is 5.92 Å². The highest BCUT2D eigenvalue weighted by molar-refractivity contribution is 5.93. The van der Waals surface area contributed by atoms with E-state index in [1.54, 1.807) is 12.4 Å². The van der Waals surface area contributed by atoms with Crippen LogP contribution < -0.4 is 15.5 Å². The Bertz CT molecular complexity index is 774. The molecule has 0 aliphatic carbocycles. The fourth-order valence-electron chi connectivity index (χ4n) is 2.89. The van der Waals surface area contributed by atoms with E-state index in [0.29, 0.717) is 11.6 Å². The van der Waals surface area contributed by atoms with Crippen LogP contribution in [0.15, 0.2) is 42.7 Å². The van der Waals surface area contributed by atoms with Crippen LogP contribution in [0, 0.1) is 5.92 Å². The maximum Gasteiger partial charge on any atom is 0.407 e. The number of carbonyl (C=O) groups excluding carboxylic acids is 2. The number of nitrogens with one attached hydrogen (secondary N) is 2. The average Bonchev–Trinajstić information content (AvgIpc) is 2.73. The zero-order chi connectivity index (χ0) is 19.8. The van der Waals surface area contributed by atoms with Gasteiger partial charge in [-0.25, -0.2) is 14.8 Å². The van der Waals surface area contributed by atoms with Crippen LogP contribution in [0.3, 0.4) is 0 Å². The van der Waals surface area contributed by atoms with E-state index in [1.165, 1.54) is 0 Å². The summed E-state index contributed by atoms with van der Waals surface area (Å²) in [4.78, 5) is 34.4. The minimum atomic E-state index is -0.648. The highest BCUT2D eigenvalue weighted by atomic mass is 16.5. The van der Waals surface area contributed by atoms with E-state index < -0.39 is 6.09 Å². The normalized spacial score (nSPS) is 14.4. The number of rotatable bonds is 6. The van der Waals surface area contributed by atoms with Gasteiger partial charge < -0.3 is 20.3 Å². The summed E-state index contributed by atoms with van der Waals surface area (Å²) >= 11 is 0. The van der Waals surface area contributed by atoms with Crippen molar-refractivity contribution in [2.75, 3.05) is 29.9 Å². The van der Waals surface area contributed by atoms with Gasteiger partial charge >= 0.3 is 6.09 Å². The fraction of sp³-hybridized carbons (Fsp3) is 0.400. The van der Waals surface area contributed by atoms with Gasteiger partial charge in [-0.3, -0.25) is 4.79 Å². The van der Waals surface area contributed by atoms with E-state index in [1.807, 2.05) is 30.3 Å². The molecule has 2 heterocycles. The fourth-order valence-corrected chi connectivity index (χ4v) is 2.89. The number of anilines is 2. The number of aromatic nitrogens is 2. The molecular formula is C20H25N5O3. The first-order valence-electron chi connectivity index (χ1n) is 9.41. The largest absolute Gasteiger partial charge is 0.445 e.